The zero-order valence-electron chi connectivity index (χ0n) is 15.1. The van der Waals surface area contributed by atoms with Crippen molar-refractivity contribution in [1.29, 1.82) is 0 Å². The smallest absolute Gasteiger partial charge is 0.264 e. The SMILES string of the molecule is C=CCn1c(O)c(C=NC[C@]2(C)C[C@@H](O)CC(C)(C)C2)c(=O)[nH]c1=S. The van der Waals surface area contributed by atoms with Crippen LogP contribution in [-0.2, 0) is 6.54 Å². The highest BCUT2D eigenvalue weighted by atomic mass is 32.1. The van der Waals surface area contributed by atoms with Crippen LogP contribution in [0.4, 0.5) is 0 Å². The number of aromatic nitrogens is 2. The first-order valence-corrected chi connectivity index (χ1v) is 8.83. The second kappa shape index (κ2) is 7.25. The second-order valence-corrected chi connectivity index (χ2v) is 8.47. The Hall–Kier alpha value is -1.73. The van der Waals surface area contributed by atoms with Gasteiger partial charge in [-0.25, -0.2) is 0 Å². The number of aliphatic hydroxyl groups excluding tert-OH is 1. The van der Waals surface area contributed by atoms with Gasteiger partial charge in [0.05, 0.1) is 6.10 Å². The lowest BCUT2D eigenvalue weighted by atomic mass is 9.63. The van der Waals surface area contributed by atoms with Crippen LogP contribution < -0.4 is 5.56 Å². The third kappa shape index (κ3) is 4.67. The van der Waals surface area contributed by atoms with Crippen molar-refractivity contribution in [1.82, 2.24) is 9.55 Å². The fourth-order valence-corrected chi connectivity index (χ4v) is 4.30. The van der Waals surface area contributed by atoms with Crippen molar-refractivity contribution in [2.24, 2.45) is 15.8 Å². The van der Waals surface area contributed by atoms with Crippen LogP contribution in [0.25, 0.3) is 0 Å². The van der Waals surface area contributed by atoms with Crippen molar-refractivity contribution in [3.63, 3.8) is 0 Å². The number of aromatic hydroxyl groups is 1. The minimum Gasteiger partial charge on any atom is -0.494 e. The Labute approximate surface area is 152 Å². The van der Waals surface area contributed by atoms with E-state index < -0.39 is 5.56 Å². The van der Waals surface area contributed by atoms with E-state index in [4.69, 9.17) is 12.2 Å². The van der Waals surface area contributed by atoms with Crippen molar-refractivity contribution < 1.29 is 10.2 Å². The average Bonchev–Trinajstić information content (AvgIpc) is 2.44. The number of hydrogen-bond donors (Lipinski definition) is 3. The first-order chi connectivity index (χ1) is 11.6. The summed E-state index contributed by atoms with van der Waals surface area (Å²) >= 11 is 5.05. The maximum absolute atomic E-state index is 12.1. The molecule has 0 aliphatic heterocycles. The molecule has 0 bridgehead atoms. The van der Waals surface area contributed by atoms with Crippen molar-refractivity contribution in [2.75, 3.05) is 6.54 Å². The first kappa shape index (κ1) is 19.6. The van der Waals surface area contributed by atoms with Crippen LogP contribution in [0.3, 0.4) is 0 Å². The summed E-state index contributed by atoms with van der Waals surface area (Å²) < 4.78 is 1.53. The summed E-state index contributed by atoms with van der Waals surface area (Å²) in [6, 6.07) is 0. The molecule has 1 heterocycles. The van der Waals surface area contributed by atoms with E-state index in [1.807, 2.05) is 0 Å². The van der Waals surface area contributed by atoms with E-state index in [1.54, 1.807) is 6.08 Å². The number of aromatic amines is 1. The summed E-state index contributed by atoms with van der Waals surface area (Å²) in [4.78, 5) is 19.0. The third-order valence-electron chi connectivity index (χ3n) is 4.63. The number of nitrogens with one attached hydrogen (secondary N) is 1. The molecule has 0 aromatic carbocycles. The molecule has 1 aliphatic carbocycles. The Bertz CT molecular complexity index is 794. The van der Waals surface area contributed by atoms with Crippen LogP contribution in [0.15, 0.2) is 22.4 Å². The Kier molecular flexibility index (Phi) is 5.68. The number of rotatable bonds is 5. The monoisotopic (exact) mass is 365 g/mol. The maximum atomic E-state index is 12.1. The average molecular weight is 365 g/mol. The number of allylic oxidation sites excluding steroid dienone is 1. The van der Waals surface area contributed by atoms with E-state index in [1.165, 1.54) is 10.8 Å². The highest BCUT2D eigenvalue weighted by Gasteiger charge is 2.40. The summed E-state index contributed by atoms with van der Waals surface area (Å²) in [5.41, 5.74) is -0.483. The molecule has 138 valence electrons. The number of aliphatic imine (C=N–C) groups is 1. The molecule has 7 heteroatoms. The van der Waals surface area contributed by atoms with Crippen molar-refractivity contribution in [2.45, 2.75) is 52.7 Å². The highest BCUT2D eigenvalue weighted by Crippen LogP contribution is 2.46. The fraction of sp³-hybridized carbons (Fsp3) is 0.611. The van der Waals surface area contributed by atoms with Gasteiger partial charge < -0.3 is 10.2 Å². The molecular formula is C18H27N3O3S. The highest BCUT2D eigenvalue weighted by molar-refractivity contribution is 7.71. The molecule has 1 aromatic rings. The molecule has 3 N–H and O–H groups in total. The van der Waals surface area contributed by atoms with Crippen molar-refractivity contribution in [3.8, 4) is 5.88 Å². The van der Waals surface area contributed by atoms with Gasteiger partial charge in [-0.05, 0) is 42.3 Å². The predicted molar refractivity (Wildman–Crippen MR) is 102 cm³/mol. The van der Waals surface area contributed by atoms with Gasteiger partial charge in [-0.15, -0.1) is 6.58 Å². The van der Waals surface area contributed by atoms with Gasteiger partial charge in [0.15, 0.2) is 4.77 Å². The van der Waals surface area contributed by atoms with Gasteiger partial charge in [0.1, 0.15) is 5.56 Å². The molecule has 1 aliphatic rings. The van der Waals surface area contributed by atoms with Crippen LogP contribution in [0.1, 0.15) is 45.6 Å². The van der Waals surface area contributed by atoms with Crippen LogP contribution in [0.5, 0.6) is 5.88 Å². The molecule has 25 heavy (non-hydrogen) atoms. The van der Waals surface area contributed by atoms with E-state index in [-0.39, 0.29) is 33.1 Å². The summed E-state index contributed by atoms with van der Waals surface area (Å²) in [5, 5.41) is 20.4. The molecule has 0 amide bonds. The second-order valence-electron chi connectivity index (χ2n) is 8.08. The lowest BCUT2D eigenvalue weighted by Gasteiger charge is -2.44. The standard InChI is InChI=1S/C18H27N3O3S/c1-5-6-21-15(24)13(14(23)20-16(21)25)9-19-11-18(4)8-12(22)7-17(2,3)10-18/h5,9,12,22,24H,1,6-8,10-11H2,2-4H3,(H,20,23,25)/t12-,18+/m0/s1. The lowest BCUT2D eigenvalue weighted by molar-refractivity contribution is -0.00472. The molecule has 0 saturated heterocycles. The molecule has 2 rings (SSSR count). The molecule has 0 unspecified atom stereocenters. The summed E-state index contributed by atoms with van der Waals surface area (Å²) in [5.74, 6) is -0.216. The van der Waals surface area contributed by atoms with Gasteiger partial charge in [-0.1, -0.05) is 26.8 Å². The van der Waals surface area contributed by atoms with Gasteiger partial charge in [0.25, 0.3) is 5.56 Å². The lowest BCUT2D eigenvalue weighted by Crippen LogP contribution is -2.40. The third-order valence-corrected chi connectivity index (χ3v) is 4.96. The Morgan fingerprint density at radius 1 is 1.44 bits per heavy atom. The van der Waals surface area contributed by atoms with Crippen LogP contribution in [0.2, 0.25) is 0 Å². The first-order valence-electron chi connectivity index (χ1n) is 8.42. The Morgan fingerprint density at radius 2 is 2.12 bits per heavy atom. The minimum atomic E-state index is -0.472. The van der Waals surface area contributed by atoms with Crippen LogP contribution in [-0.4, -0.2) is 38.6 Å². The molecule has 0 spiro atoms. The molecule has 2 atom stereocenters. The van der Waals surface area contributed by atoms with Crippen LogP contribution >= 0.6 is 12.2 Å². The topological polar surface area (TPSA) is 90.6 Å². The quantitative estimate of drug-likeness (QED) is 0.425. The molecule has 1 fully saturated rings. The molecular weight excluding hydrogens is 338 g/mol. The normalized spacial score (nSPS) is 26.0. The molecule has 6 nitrogen and oxygen atoms in total. The number of nitrogens with zero attached hydrogens (tertiary/aromatic N) is 2. The molecule has 0 radical (unpaired) electrons. The zero-order chi connectivity index (χ0) is 18.8. The number of aliphatic hydroxyl groups is 1. The van der Waals surface area contributed by atoms with E-state index in [2.05, 4.69) is 37.3 Å². The Morgan fingerprint density at radius 3 is 2.72 bits per heavy atom. The van der Waals surface area contributed by atoms with E-state index in [0.29, 0.717) is 19.5 Å². The Balaban J connectivity index is 2.25. The van der Waals surface area contributed by atoms with Crippen LogP contribution in [0, 0.1) is 15.6 Å². The number of hydrogen-bond acceptors (Lipinski definition) is 5. The maximum Gasteiger partial charge on any atom is 0.264 e. The molecule has 1 aromatic heterocycles. The van der Waals surface area contributed by atoms with Crippen molar-refractivity contribution in [3.05, 3.63) is 33.3 Å². The van der Waals surface area contributed by atoms with Gasteiger partial charge in [0, 0.05) is 19.3 Å². The minimum absolute atomic E-state index is 0.0541. The van der Waals surface area contributed by atoms with Gasteiger partial charge in [-0.2, -0.15) is 0 Å². The van der Waals surface area contributed by atoms with E-state index in [9.17, 15) is 15.0 Å². The van der Waals surface area contributed by atoms with E-state index >= 15 is 0 Å². The van der Waals surface area contributed by atoms with Gasteiger partial charge >= 0.3 is 0 Å². The fourth-order valence-electron chi connectivity index (χ4n) is 4.05. The van der Waals surface area contributed by atoms with Gasteiger partial charge in [0.2, 0.25) is 5.88 Å². The number of H-pyrrole nitrogens is 1. The predicted octanol–water partition coefficient (Wildman–Crippen LogP) is 2.79. The largest absolute Gasteiger partial charge is 0.494 e. The molecule has 1 saturated carbocycles. The summed E-state index contributed by atoms with van der Waals surface area (Å²) in [6.45, 7) is 10.8. The van der Waals surface area contributed by atoms with Gasteiger partial charge in [-0.3, -0.25) is 19.3 Å². The zero-order valence-corrected chi connectivity index (χ0v) is 15.9. The summed E-state index contributed by atoms with van der Waals surface area (Å²) in [7, 11) is 0. The van der Waals surface area contributed by atoms with E-state index in [0.717, 1.165) is 12.8 Å². The van der Waals surface area contributed by atoms with Crippen molar-refractivity contribution >= 4 is 18.4 Å². The summed E-state index contributed by atoms with van der Waals surface area (Å²) in [6.07, 6.45) is 5.04.